The van der Waals surface area contributed by atoms with Crippen LogP contribution in [0.4, 0.5) is 0 Å². The average molecular weight is 361 g/mol. The first-order chi connectivity index (χ1) is 12.0. The van der Waals surface area contributed by atoms with Crippen molar-refractivity contribution < 1.29 is 13.2 Å². The molecule has 2 aromatic rings. The highest BCUT2D eigenvalue weighted by Crippen LogP contribution is 2.26. The Balaban J connectivity index is 1.80. The van der Waals surface area contributed by atoms with Crippen LogP contribution in [0.2, 0.25) is 6.82 Å². The minimum Gasteiger partial charge on any atom is -0.356 e. The summed E-state index contributed by atoms with van der Waals surface area (Å²) < 4.78 is 34.8. The van der Waals surface area contributed by atoms with E-state index in [4.69, 9.17) is 4.74 Å². The van der Waals surface area contributed by atoms with Gasteiger partial charge in [-0.2, -0.15) is 5.10 Å². The molecule has 0 radical (unpaired) electrons. The molecule has 1 aliphatic rings. The van der Waals surface area contributed by atoms with E-state index < -0.39 is 10.0 Å². The molecule has 134 valence electrons. The molecule has 0 bridgehead atoms. The second-order valence-corrected chi connectivity index (χ2v) is 8.44. The zero-order valence-electron chi connectivity index (χ0n) is 14.7. The van der Waals surface area contributed by atoms with Crippen molar-refractivity contribution >= 4 is 16.9 Å². The average Bonchev–Trinajstić information content (AvgIpc) is 3.13. The highest BCUT2D eigenvalue weighted by molar-refractivity contribution is 7.90. The summed E-state index contributed by atoms with van der Waals surface area (Å²) in [6.45, 7) is 2.40. The summed E-state index contributed by atoms with van der Waals surface area (Å²) in [5, 5.41) is 4.41. The summed E-state index contributed by atoms with van der Waals surface area (Å²) in [7, 11) is -2.01. The molecule has 3 rings (SSSR count). The second-order valence-electron chi connectivity index (χ2n) is 6.50. The maximum atomic E-state index is 13.1. The first-order valence-electron chi connectivity index (χ1n) is 8.67. The number of rotatable bonds is 6. The van der Waals surface area contributed by atoms with E-state index in [1.165, 1.54) is 15.1 Å². The largest absolute Gasteiger partial charge is 0.356 e. The smallest absolute Gasteiger partial charge is 0.250 e. The number of sulfonamides is 1. The van der Waals surface area contributed by atoms with Crippen molar-refractivity contribution in [3.05, 3.63) is 48.2 Å². The van der Waals surface area contributed by atoms with Crippen LogP contribution < -0.4 is 0 Å². The zero-order valence-corrected chi connectivity index (χ0v) is 15.5. The van der Waals surface area contributed by atoms with Crippen LogP contribution in [0.3, 0.4) is 0 Å². The van der Waals surface area contributed by atoms with Gasteiger partial charge in [0, 0.05) is 6.61 Å². The molecule has 1 aromatic heterocycles. The molecule has 0 spiro atoms. The zero-order chi connectivity index (χ0) is 17.9. The third kappa shape index (κ3) is 3.97. The molecule has 0 N–H and O–H groups in total. The molecule has 1 aliphatic heterocycles. The van der Waals surface area contributed by atoms with Crippen LogP contribution in [0.5, 0.6) is 0 Å². The van der Waals surface area contributed by atoms with E-state index in [1.54, 1.807) is 13.1 Å². The van der Waals surface area contributed by atoms with Gasteiger partial charge in [-0.15, -0.1) is 0 Å². The SMILES string of the molecule is CB(Cc1ccccc1)N(C)S(=O)(=O)c1ccnn1C1CCCCO1. The number of aromatic nitrogens is 2. The molecule has 2 heterocycles. The molecule has 1 fully saturated rings. The van der Waals surface area contributed by atoms with Gasteiger partial charge in [0.15, 0.2) is 11.3 Å². The van der Waals surface area contributed by atoms with E-state index in [-0.39, 0.29) is 18.1 Å². The Bertz CT molecular complexity index is 788. The van der Waals surface area contributed by atoms with Crippen molar-refractivity contribution in [2.24, 2.45) is 0 Å². The van der Waals surface area contributed by atoms with Crippen molar-refractivity contribution in [3.8, 4) is 0 Å². The van der Waals surface area contributed by atoms with E-state index in [1.807, 2.05) is 37.2 Å². The van der Waals surface area contributed by atoms with Crippen LogP contribution in [0.25, 0.3) is 0 Å². The number of nitrogens with zero attached hydrogens (tertiary/aromatic N) is 3. The Morgan fingerprint density at radius 3 is 2.72 bits per heavy atom. The number of ether oxygens (including phenoxy) is 1. The molecule has 1 unspecified atom stereocenters. The van der Waals surface area contributed by atoms with Gasteiger partial charge in [0.05, 0.1) is 6.20 Å². The van der Waals surface area contributed by atoms with Crippen LogP contribution in [-0.2, 0) is 21.1 Å². The van der Waals surface area contributed by atoms with Gasteiger partial charge in [-0.1, -0.05) is 42.7 Å². The maximum Gasteiger partial charge on any atom is 0.250 e. The first-order valence-corrected chi connectivity index (χ1v) is 10.1. The first kappa shape index (κ1) is 18.2. The van der Waals surface area contributed by atoms with E-state index in [0.717, 1.165) is 24.8 Å². The maximum absolute atomic E-state index is 13.1. The summed E-state index contributed by atoms with van der Waals surface area (Å²) >= 11 is 0. The molecule has 1 atom stereocenters. The van der Waals surface area contributed by atoms with Crippen molar-refractivity contribution in [2.75, 3.05) is 13.7 Å². The lowest BCUT2D eigenvalue weighted by atomic mass is 9.60. The Morgan fingerprint density at radius 2 is 2.04 bits per heavy atom. The van der Waals surface area contributed by atoms with Gasteiger partial charge in [0.1, 0.15) is 0 Å². The van der Waals surface area contributed by atoms with Crippen molar-refractivity contribution in [3.63, 3.8) is 0 Å². The lowest BCUT2D eigenvalue weighted by Gasteiger charge is -2.27. The van der Waals surface area contributed by atoms with E-state index >= 15 is 0 Å². The fourth-order valence-corrected chi connectivity index (χ4v) is 4.58. The quantitative estimate of drug-likeness (QED) is 0.742. The second kappa shape index (κ2) is 7.72. The van der Waals surface area contributed by atoms with Crippen LogP contribution in [-0.4, -0.2) is 42.9 Å². The molecule has 8 heteroatoms. The summed E-state index contributed by atoms with van der Waals surface area (Å²) in [6, 6.07) is 11.5. The predicted octanol–water partition coefficient (Wildman–Crippen LogP) is 2.61. The summed E-state index contributed by atoms with van der Waals surface area (Å²) in [4.78, 5) is 0. The lowest BCUT2D eigenvalue weighted by molar-refractivity contribution is -0.0450. The Kier molecular flexibility index (Phi) is 5.61. The van der Waals surface area contributed by atoms with Gasteiger partial charge < -0.3 is 4.74 Å². The highest BCUT2D eigenvalue weighted by Gasteiger charge is 2.32. The van der Waals surface area contributed by atoms with E-state index in [0.29, 0.717) is 12.9 Å². The number of benzene rings is 1. The Hall–Kier alpha value is -1.64. The third-order valence-electron chi connectivity index (χ3n) is 4.70. The minimum atomic E-state index is -3.64. The topological polar surface area (TPSA) is 64.4 Å². The standard InChI is InChI=1S/C17H24BN3O3S/c1-18(14-15-8-4-3-5-9-15)20(2)25(22,23)17-11-12-19-21(17)16-10-6-7-13-24-16/h3-5,8-9,11-12,16H,6-7,10,13-14H2,1-2H3. The summed E-state index contributed by atoms with van der Waals surface area (Å²) in [5.41, 5.74) is 1.11. The van der Waals surface area contributed by atoms with Crippen LogP contribution in [0, 0.1) is 0 Å². The Morgan fingerprint density at radius 1 is 1.28 bits per heavy atom. The molecule has 1 saturated heterocycles. The van der Waals surface area contributed by atoms with Gasteiger partial charge in [-0.05, 0) is 38.7 Å². The van der Waals surface area contributed by atoms with Crippen LogP contribution in [0.1, 0.15) is 31.1 Å². The number of hydrogen-bond acceptors (Lipinski definition) is 4. The third-order valence-corrected chi connectivity index (χ3v) is 6.67. The fraction of sp³-hybridized carbons (Fsp3) is 0.471. The highest BCUT2D eigenvalue weighted by atomic mass is 32.2. The van der Waals surface area contributed by atoms with Crippen LogP contribution in [0.15, 0.2) is 47.6 Å². The van der Waals surface area contributed by atoms with E-state index in [9.17, 15) is 8.42 Å². The van der Waals surface area contributed by atoms with Gasteiger partial charge in [0.25, 0.3) is 0 Å². The minimum absolute atomic E-state index is 0.164. The Labute approximate surface area is 149 Å². The van der Waals surface area contributed by atoms with E-state index in [2.05, 4.69) is 5.10 Å². The van der Waals surface area contributed by atoms with Crippen LogP contribution >= 0.6 is 0 Å². The van der Waals surface area contributed by atoms with Crippen molar-refractivity contribution in [2.45, 2.75) is 43.7 Å². The van der Waals surface area contributed by atoms with Crippen molar-refractivity contribution in [1.29, 1.82) is 0 Å². The fourth-order valence-electron chi connectivity index (χ4n) is 3.11. The van der Waals surface area contributed by atoms with Gasteiger partial charge >= 0.3 is 0 Å². The molecule has 6 nitrogen and oxygen atoms in total. The molecular weight excluding hydrogens is 337 g/mol. The van der Waals surface area contributed by atoms with Gasteiger partial charge in [0.2, 0.25) is 16.9 Å². The molecule has 0 saturated carbocycles. The molecule has 1 aromatic carbocycles. The molecule has 0 aliphatic carbocycles. The predicted molar refractivity (Wildman–Crippen MR) is 97.8 cm³/mol. The molecule has 25 heavy (non-hydrogen) atoms. The van der Waals surface area contributed by atoms with Gasteiger partial charge in [-0.25, -0.2) is 17.3 Å². The number of hydrogen-bond donors (Lipinski definition) is 0. The summed E-state index contributed by atoms with van der Waals surface area (Å²) in [6.07, 6.45) is 4.70. The lowest BCUT2D eigenvalue weighted by Crippen LogP contribution is -2.41. The molecular formula is C17H24BN3O3S. The van der Waals surface area contributed by atoms with Crippen molar-refractivity contribution in [1.82, 2.24) is 14.0 Å². The summed E-state index contributed by atoms with van der Waals surface area (Å²) in [5.74, 6) is 0. The normalized spacial score (nSPS) is 18.4. The molecule has 0 amide bonds. The monoisotopic (exact) mass is 361 g/mol. The van der Waals surface area contributed by atoms with Gasteiger partial charge in [-0.3, -0.25) is 0 Å².